The number of ether oxygens (including phenoxy) is 1. The van der Waals surface area contributed by atoms with Gasteiger partial charge in [0.25, 0.3) is 0 Å². The molecule has 0 saturated carbocycles. The van der Waals surface area contributed by atoms with Crippen molar-refractivity contribution in [1.82, 2.24) is 0 Å². The fourth-order valence-electron chi connectivity index (χ4n) is 1.92. The van der Waals surface area contributed by atoms with Crippen molar-refractivity contribution < 1.29 is 9.84 Å². The Kier molecular flexibility index (Phi) is 6.26. The zero-order valence-electron chi connectivity index (χ0n) is 11.6. The topological polar surface area (TPSA) is 41.5 Å². The molecule has 3 nitrogen and oxygen atoms in total. The Morgan fingerprint density at radius 3 is 2.36 bits per heavy atom. The van der Waals surface area contributed by atoms with Crippen molar-refractivity contribution in [2.24, 2.45) is 0 Å². The Balaban J connectivity index is 2.24. The van der Waals surface area contributed by atoms with E-state index in [0.717, 1.165) is 20.3 Å². The molecule has 0 heterocycles. The van der Waals surface area contributed by atoms with Crippen LogP contribution in [0, 0.1) is 0 Å². The first-order valence-corrected chi connectivity index (χ1v) is 8.79. The Morgan fingerprint density at radius 1 is 1.14 bits per heavy atom. The molecule has 0 atom stereocenters. The third-order valence-corrected chi connectivity index (χ3v) is 4.50. The number of phenolic OH excluding ortho intramolecular Hbond substituents is 1. The van der Waals surface area contributed by atoms with Crippen molar-refractivity contribution in [3.05, 3.63) is 48.8 Å². The van der Waals surface area contributed by atoms with Crippen LogP contribution in [-0.2, 0) is 6.54 Å². The van der Waals surface area contributed by atoms with Gasteiger partial charge in [0.1, 0.15) is 5.75 Å². The van der Waals surface area contributed by atoms with Gasteiger partial charge in [-0.25, -0.2) is 0 Å². The molecule has 0 fully saturated rings. The lowest BCUT2D eigenvalue weighted by atomic mass is 10.2. The Bertz CT molecular complexity index is 672. The van der Waals surface area contributed by atoms with E-state index < -0.39 is 0 Å². The number of benzene rings is 2. The average molecular weight is 470 g/mol. The molecule has 2 aromatic rings. The maximum Gasteiger partial charge on any atom is 0.152 e. The molecule has 0 radical (unpaired) electrons. The number of nitrogens with one attached hydrogen (secondary N) is 1. The maximum absolute atomic E-state index is 9.58. The first kappa shape index (κ1) is 17.7. The van der Waals surface area contributed by atoms with E-state index in [9.17, 15) is 5.11 Å². The van der Waals surface area contributed by atoms with Crippen LogP contribution in [0.25, 0.3) is 0 Å². The third kappa shape index (κ3) is 4.22. The van der Waals surface area contributed by atoms with Gasteiger partial charge in [-0.05, 0) is 47.1 Å². The molecule has 2 aromatic carbocycles. The van der Waals surface area contributed by atoms with Crippen molar-refractivity contribution in [2.75, 3.05) is 11.9 Å². The van der Waals surface area contributed by atoms with Crippen LogP contribution >= 0.6 is 55.1 Å². The number of aromatic hydroxyl groups is 1. The minimum Gasteiger partial charge on any atom is -0.505 e. The second-order valence-electron chi connectivity index (χ2n) is 4.45. The van der Waals surface area contributed by atoms with Gasteiger partial charge in [0.15, 0.2) is 5.75 Å². The molecule has 0 spiro atoms. The van der Waals surface area contributed by atoms with Gasteiger partial charge in [-0.1, -0.05) is 39.1 Å². The smallest absolute Gasteiger partial charge is 0.152 e. The van der Waals surface area contributed by atoms with Gasteiger partial charge < -0.3 is 15.2 Å². The van der Waals surface area contributed by atoms with Crippen LogP contribution in [0.4, 0.5) is 5.69 Å². The molecule has 2 N–H and O–H groups in total. The lowest BCUT2D eigenvalue weighted by Crippen LogP contribution is -2.04. The third-order valence-electron chi connectivity index (χ3n) is 2.87. The van der Waals surface area contributed by atoms with Crippen LogP contribution in [0.5, 0.6) is 11.5 Å². The van der Waals surface area contributed by atoms with E-state index >= 15 is 0 Å². The summed E-state index contributed by atoms with van der Waals surface area (Å²) in [6, 6.07) is 7.15. The molecule has 2 rings (SSSR count). The molecule has 0 bridgehead atoms. The zero-order chi connectivity index (χ0) is 16.3. The second-order valence-corrected chi connectivity index (χ2v) is 7.04. The summed E-state index contributed by atoms with van der Waals surface area (Å²) in [7, 11) is 0. The lowest BCUT2D eigenvalue weighted by molar-refractivity contribution is 0.334. The number of phenols is 1. The van der Waals surface area contributed by atoms with E-state index in [0.29, 0.717) is 18.8 Å². The second kappa shape index (κ2) is 7.77. The van der Waals surface area contributed by atoms with Crippen LogP contribution < -0.4 is 10.1 Å². The quantitative estimate of drug-likeness (QED) is 0.509. The van der Waals surface area contributed by atoms with Crippen molar-refractivity contribution >= 4 is 60.7 Å². The van der Waals surface area contributed by atoms with Crippen molar-refractivity contribution in [1.29, 1.82) is 0 Å². The molecule has 0 saturated heterocycles. The number of rotatable bonds is 5. The zero-order valence-corrected chi connectivity index (χ0v) is 16.3. The summed E-state index contributed by atoms with van der Waals surface area (Å²) in [4.78, 5) is 0. The van der Waals surface area contributed by atoms with Gasteiger partial charge in [-0.2, -0.15) is 0 Å². The van der Waals surface area contributed by atoms with Crippen molar-refractivity contribution in [2.45, 2.75) is 13.5 Å². The summed E-state index contributed by atoms with van der Waals surface area (Å²) in [5.74, 6) is 0.670. The maximum atomic E-state index is 9.58. The normalized spacial score (nSPS) is 10.6. The number of anilines is 1. The van der Waals surface area contributed by atoms with Gasteiger partial charge in [0, 0.05) is 22.3 Å². The fraction of sp³-hybridized carbons (Fsp3) is 0.200. The summed E-state index contributed by atoms with van der Waals surface area (Å²) in [5.41, 5.74) is 1.69. The van der Waals surface area contributed by atoms with E-state index in [2.05, 4.69) is 37.2 Å². The highest BCUT2D eigenvalue weighted by molar-refractivity contribution is 9.11. The van der Waals surface area contributed by atoms with Gasteiger partial charge in [0.05, 0.1) is 21.1 Å². The van der Waals surface area contributed by atoms with Crippen LogP contribution in [0.3, 0.4) is 0 Å². The highest BCUT2D eigenvalue weighted by Crippen LogP contribution is 2.36. The van der Waals surface area contributed by atoms with Gasteiger partial charge in [-0.3, -0.25) is 0 Å². The molecule has 0 aliphatic carbocycles. The summed E-state index contributed by atoms with van der Waals surface area (Å²) in [6.45, 7) is 3.03. The molecular formula is C15H13Br2Cl2NO2. The minimum atomic E-state index is -0.117. The van der Waals surface area contributed by atoms with E-state index in [4.69, 9.17) is 27.9 Å². The molecule has 0 aliphatic heterocycles. The van der Waals surface area contributed by atoms with E-state index in [-0.39, 0.29) is 15.8 Å². The SMILES string of the molecule is CCOc1c(Br)cc(Br)cc1CNc1cc(Cl)c(O)c(Cl)c1. The predicted octanol–water partition coefficient (Wildman–Crippen LogP) is 6.23. The van der Waals surface area contributed by atoms with Crippen molar-refractivity contribution in [3.8, 4) is 11.5 Å². The lowest BCUT2D eigenvalue weighted by Gasteiger charge is -2.15. The van der Waals surface area contributed by atoms with E-state index in [1.54, 1.807) is 12.1 Å². The van der Waals surface area contributed by atoms with E-state index in [1.807, 2.05) is 19.1 Å². The van der Waals surface area contributed by atoms with Crippen molar-refractivity contribution in [3.63, 3.8) is 0 Å². The monoisotopic (exact) mass is 467 g/mol. The standard InChI is InChI=1S/C15H13Br2Cl2NO2/c1-2-22-15-8(3-9(16)4-11(15)17)7-20-10-5-12(18)14(21)13(19)6-10/h3-6,20-21H,2,7H2,1H3. The molecule has 7 heteroatoms. The fourth-order valence-corrected chi connectivity index (χ4v) is 3.83. The first-order valence-electron chi connectivity index (χ1n) is 6.45. The Labute approximate surface area is 155 Å². The molecule has 118 valence electrons. The summed E-state index contributed by atoms with van der Waals surface area (Å²) in [6.07, 6.45) is 0. The Morgan fingerprint density at radius 2 is 1.77 bits per heavy atom. The summed E-state index contributed by atoms with van der Waals surface area (Å²) < 4.78 is 7.50. The number of halogens is 4. The van der Waals surface area contributed by atoms with Crippen LogP contribution in [-0.4, -0.2) is 11.7 Å². The predicted molar refractivity (Wildman–Crippen MR) is 98.5 cm³/mol. The molecule has 22 heavy (non-hydrogen) atoms. The van der Waals surface area contributed by atoms with Crippen LogP contribution in [0.1, 0.15) is 12.5 Å². The number of hydrogen-bond acceptors (Lipinski definition) is 3. The largest absolute Gasteiger partial charge is 0.505 e. The molecular weight excluding hydrogens is 457 g/mol. The molecule has 0 aliphatic rings. The van der Waals surface area contributed by atoms with Crippen LogP contribution in [0.15, 0.2) is 33.2 Å². The molecule has 0 unspecified atom stereocenters. The van der Waals surface area contributed by atoms with Crippen LogP contribution in [0.2, 0.25) is 10.0 Å². The van der Waals surface area contributed by atoms with Gasteiger partial charge in [0.2, 0.25) is 0 Å². The van der Waals surface area contributed by atoms with Gasteiger partial charge >= 0.3 is 0 Å². The van der Waals surface area contributed by atoms with Gasteiger partial charge in [-0.15, -0.1) is 0 Å². The average Bonchev–Trinajstić information content (AvgIpc) is 2.45. The van der Waals surface area contributed by atoms with E-state index in [1.165, 1.54) is 0 Å². The summed E-state index contributed by atoms with van der Waals surface area (Å²) >= 11 is 18.8. The highest BCUT2D eigenvalue weighted by Gasteiger charge is 2.11. The molecule has 0 aromatic heterocycles. The Hall–Kier alpha value is -0.620. The number of hydrogen-bond donors (Lipinski definition) is 2. The minimum absolute atomic E-state index is 0.117. The highest BCUT2D eigenvalue weighted by atomic mass is 79.9. The molecule has 0 amide bonds. The first-order chi connectivity index (χ1) is 10.4. The summed E-state index contributed by atoms with van der Waals surface area (Å²) in [5, 5.41) is 13.2.